The number of aliphatic hydroxyl groups is 1. The predicted molar refractivity (Wildman–Crippen MR) is 115 cm³/mol. The Labute approximate surface area is 180 Å². The Morgan fingerprint density at radius 2 is 2.00 bits per heavy atom. The Balaban J connectivity index is 1.76. The molecule has 0 spiro atoms. The first kappa shape index (κ1) is 23.1. The van der Waals surface area contributed by atoms with Crippen LogP contribution in [0.25, 0.3) is 0 Å². The zero-order chi connectivity index (χ0) is 22.1. The van der Waals surface area contributed by atoms with Gasteiger partial charge in [-0.15, -0.1) is 0 Å². The molecule has 168 valence electrons. The lowest BCUT2D eigenvalue weighted by atomic mass is 9.65. The molecule has 3 aliphatic rings. The van der Waals surface area contributed by atoms with Gasteiger partial charge in [-0.2, -0.15) is 0 Å². The number of cyclic esters (lactones) is 1. The lowest BCUT2D eigenvalue weighted by Gasteiger charge is -2.44. The molecule has 0 unspecified atom stereocenters. The van der Waals surface area contributed by atoms with E-state index in [0.29, 0.717) is 24.2 Å². The van der Waals surface area contributed by atoms with Crippen LogP contribution in [0.5, 0.6) is 0 Å². The highest BCUT2D eigenvalue weighted by molar-refractivity contribution is 5.76. The van der Waals surface area contributed by atoms with E-state index in [2.05, 4.69) is 32.1 Å². The molecule has 0 aromatic rings. The molecule has 1 heterocycles. The number of allylic oxidation sites excluding steroid dienone is 3. The van der Waals surface area contributed by atoms with Crippen molar-refractivity contribution in [1.82, 2.24) is 0 Å². The second-order valence-electron chi connectivity index (χ2n) is 10.3. The Bertz CT molecular complexity index is 706. The van der Waals surface area contributed by atoms with Gasteiger partial charge in [-0.25, -0.2) is 0 Å². The molecule has 3 rings (SSSR count). The number of rotatable bonds is 6. The standard InChI is InChI=1S/C25H38O5/c1-6-25(4,5)24(28)30-21-12-15(2)11-17-8-7-16(3)20(23(17)21)10-9-19-13-18(26)14-22(27)29-19/h7-8,11,15-16,18-21,23,26H,6,9-10,12-14H2,1-5H3/t15-,16+,18+,19+,20-,21+,23-/m1/s1. The van der Waals surface area contributed by atoms with Crippen molar-refractivity contribution in [2.75, 3.05) is 0 Å². The van der Waals surface area contributed by atoms with E-state index in [0.717, 1.165) is 25.7 Å². The van der Waals surface area contributed by atoms with Crippen LogP contribution in [0.4, 0.5) is 0 Å². The molecule has 0 aromatic heterocycles. The Morgan fingerprint density at radius 1 is 1.27 bits per heavy atom. The summed E-state index contributed by atoms with van der Waals surface area (Å²) in [6, 6.07) is 0. The fourth-order valence-electron chi connectivity index (χ4n) is 5.08. The summed E-state index contributed by atoms with van der Waals surface area (Å²) in [6.07, 6.45) is 9.61. The Morgan fingerprint density at radius 3 is 2.67 bits per heavy atom. The van der Waals surface area contributed by atoms with E-state index < -0.39 is 11.5 Å². The molecule has 0 saturated carbocycles. The van der Waals surface area contributed by atoms with Crippen LogP contribution in [0.1, 0.15) is 73.1 Å². The first-order chi connectivity index (χ1) is 14.1. The summed E-state index contributed by atoms with van der Waals surface area (Å²) < 4.78 is 11.6. The third kappa shape index (κ3) is 5.16. The van der Waals surface area contributed by atoms with Crippen LogP contribution in [-0.2, 0) is 19.1 Å². The number of aliphatic hydroxyl groups excluding tert-OH is 1. The van der Waals surface area contributed by atoms with Crippen LogP contribution in [0.3, 0.4) is 0 Å². The molecule has 30 heavy (non-hydrogen) atoms. The quantitative estimate of drug-likeness (QED) is 0.639. The van der Waals surface area contributed by atoms with Gasteiger partial charge >= 0.3 is 11.9 Å². The molecule has 1 N–H and O–H groups in total. The van der Waals surface area contributed by atoms with Gasteiger partial charge in [0, 0.05) is 12.3 Å². The van der Waals surface area contributed by atoms with Crippen LogP contribution in [0, 0.1) is 29.1 Å². The molecule has 0 bridgehead atoms. The van der Waals surface area contributed by atoms with Gasteiger partial charge in [0.15, 0.2) is 0 Å². The average molecular weight is 419 g/mol. The van der Waals surface area contributed by atoms with Crippen molar-refractivity contribution in [3.63, 3.8) is 0 Å². The number of hydrogen-bond acceptors (Lipinski definition) is 5. The molecule has 2 aliphatic carbocycles. The van der Waals surface area contributed by atoms with Gasteiger partial charge in [0.25, 0.3) is 0 Å². The second kappa shape index (κ2) is 9.25. The van der Waals surface area contributed by atoms with E-state index in [1.807, 2.05) is 20.8 Å². The monoisotopic (exact) mass is 418 g/mol. The topological polar surface area (TPSA) is 72.8 Å². The predicted octanol–water partition coefficient (Wildman–Crippen LogP) is 4.59. The van der Waals surface area contributed by atoms with Crippen LogP contribution in [0.2, 0.25) is 0 Å². The molecule has 0 aromatic carbocycles. The van der Waals surface area contributed by atoms with Crippen molar-refractivity contribution in [2.45, 2.75) is 91.5 Å². The maximum absolute atomic E-state index is 12.9. The number of hydrogen-bond donors (Lipinski definition) is 1. The van der Waals surface area contributed by atoms with Gasteiger partial charge in [-0.05, 0) is 62.9 Å². The summed E-state index contributed by atoms with van der Waals surface area (Å²) >= 11 is 0. The van der Waals surface area contributed by atoms with Gasteiger partial charge < -0.3 is 14.6 Å². The lowest BCUT2D eigenvalue weighted by molar-refractivity contribution is -0.166. The van der Waals surface area contributed by atoms with E-state index in [4.69, 9.17) is 9.47 Å². The third-order valence-corrected chi connectivity index (χ3v) is 7.35. The summed E-state index contributed by atoms with van der Waals surface area (Å²) in [5, 5.41) is 9.92. The van der Waals surface area contributed by atoms with Crippen molar-refractivity contribution in [3.05, 3.63) is 23.8 Å². The third-order valence-electron chi connectivity index (χ3n) is 7.35. The van der Waals surface area contributed by atoms with Crippen molar-refractivity contribution in [1.29, 1.82) is 0 Å². The lowest BCUT2D eigenvalue weighted by Crippen LogP contribution is -2.43. The van der Waals surface area contributed by atoms with Crippen LogP contribution in [-0.4, -0.2) is 35.4 Å². The zero-order valence-corrected chi connectivity index (χ0v) is 19.1. The fraction of sp³-hybridized carbons (Fsp3) is 0.760. The van der Waals surface area contributed by atoms with E-state index in [9.17, 15) is 14.7 Å². The highest BCUT2D eigenvalue weighted by Crippen LogP contribution is 2.45. The van der Waals surface area contributed by atoms with Gasteiger partial charge in [0.1, 0.15) is 12.2 Å². The fourth-order valence-corrected chi connectivity index (χ4v) is 5.08. The molecule has 1 fully saturated rings. The van der Waals surface area contributed by atoms with Crippen LogP contribution >= 0.6 is 0 Å². The number of carbonyl (C=O) groups excluding carboxylic acids is 2. The number of ether oxygens (including phenoxy) is 2. The van der Waals surface area contributed by atoms with Gasteiger partial charge in [0.05, 0.1) is 17.9 Å². The van der Waals surface area contributed by atoms with Crippen molar-refractivity contribution >= 4 is 11.9 Å². The summed E-state index contributed by atoms with van der Waals surface area (Å²) in [5.41, 5.74) is 0.785. The largest absolute Gasteiger partial charge is 0.462 e. The number of esters is 2. The minimum atomic E-state index is -0.601. The molecular weight excluding hydrogens is 380 g/mol. The smallest absolute Gasteiger partial charge is 0.311 e. The Kier molecular flexibility index (Phi) is 7.11. The molecule has 1 aliphatic heterocycles. The van der Waals surface area contributed by atoms with Gasteiger partial charge in [0.2, 0.25) is 0 Å². The van der Waals surface area contributed by atoms with E-state index in [1.165, 1.54) is 5.57 Å². The van der Waals surface area contributed by atoms with Gasteiger partial charge in [-0.3, -0.25) is 9.59 Å². The molecule has 1 saturated heterocycles. The molecular formula is C25H38O5. The van der Waals surface area contributed by atoms with Gasteiger partial charge in [-0.1, -0.05) is 39.0 Å². The number of carbonyl (C=O) groups is 2. The second-order valence-corrected chi connectivity index (χ2v) is 10.3. The maximum atomic E-state index is 12.9. The highest BCUT2D eigenvalue weighted by Gasteiger charge is 2.43. The maximum Gasteiger partial charge on any atom is 0.311 e. The Hall–Kier alpha value is -1.62. The van der Waals surface area contributed by atoms with Crippen molar-refractivity contribution < 1.29 is 24.2 Å². The van der Waals surface area contributed by atoms with Crippen molar-refractivity contribution in [3.8, 4) is 0 Å². The summed E-state index contributed by atoms with van der Waals surface area (Å²) in [5.74, 6) is 0.776. The summed E-state index contributed by atoms with van der Waals surface area (Å²) in [7, 11) is 0. The first-order valence-corrected chi connectivity index (χ1v) is 11.6. The van der Waals surface area contributed by atoms with E-state index in [1.54, 1.807) is 0 Å². The molecule has 5 heteroatoms. The zero-order valence-electron chi connectivity index (χ0n) is 19.1. The summed E-state index contributed by atoms with van der Waals surface area (Å²) in [4.78, 5) is 24.6. The molecule has 0 radical (unpaired) electrons. The van der Waals surface area contributed by atoms with Crippen molar-refractivity contribution in [2.24, 2.45) is 29.1 Å². The molecule has 7 atom stereocenters. The normalized spacial score (nSPS) is 36.5. The van der Waals surface area contributed by atoms with E-state index >= 15 is 0 Å². The molecule has 0 amide bonds. The minimum absolute atomic E-state index is 0.0949. The highest BCUT2D eigenvalue weighted by atomic mass is 16.6. The van der Waals surface area contributed by atoms with E-state index in [-0.39, 0.29) is 36.5 Å². The average Bonchev–Trinajstić information content (AvgIpc) is 2.66. The SMILES string of the molecule is CCC(C)(C)C(=O)O[C@H]1C[C@H](C)C=C2C=C[C@H](C)[C@@H](CC[C@H]3C[C@H](O)CC(=O)O3)[C@@H]21. The summed E-state index contributed by atoms with van der Waals surface area (Å²) in [6.45, 7) is 10.3. The number of fused-ring (bicyclic) bond motifs is 1. The van der Waals surface area contributed by atoms with Crippen LogP contribution in [0.15, 0.2) is 23.8 Å². The molecule has 5 nitrogen and oxygen atoms in total. The first-order valence-electron chi connectivity index (χ1n) is 11.6. The minimum Gasteiger partial charge on any atom is -0.462 e. The van der Waals surface area contributed by atoms with Crippen LogP contribution < -0.4 is 0 Å².